The van der Waals surface area contributed by atoms with Crippen LogP contribution < -0.4 is 4.74 Å². The second-order valence-corrected chi connectivity index (χ2v) is 4.92. The number of hydrogen-bond acceptors (Lipinski definition) is 4. The molecule has 0 aliphatic heterocycles. The molecule has 0 aromatic carbocycles. The normalized spacial score (nSPS) is 12.6. The Morgan fingerprint density at radius 2 is 1.94 bits per heavy atom. The van der Waals surface area contributed by atoms with E-state index in [1.54, 1.807) is 0 Å². The minimum Gasteiger partial charge on any atom is -0.386 e. The number of alkyl halides is 3. The monoisotopic (exact) mass is 279 g/mol. The van der Waals surface area contributed by atoms with Crippen molar-refractivity contribution in [2.45, 2.75) is 11.3 Å². The van der Waals surface area contributed by atoms with Crippen molar-refractivity contribution in [2.24, 2.45) is 0 Å². The molecular weight excluding hydrogens is 278 g/mol. The Kier molecular flexibility index (Phi) is 3.29. The van der Waals surface area contributed by atoms with Gasteiger partial charge in [-0.2, -0.15) is 0 Å². The van der Waals surface area contributed by atoms with Gasteiger partial charge in [-0.25, -0.2) is 17.8 Å². The first-order chi connectivity index (χ1) is 7.11. The van der Waals surface area contributed by atoms with Crippen LogP contribution in [0.5, 0.6) is 5.88 Å². The van der Waals surface area contributed by atoms with E-state index in [9.17, 15) is 26.0 Å². The van der Waals surface area contributed by atoms with E-state index in [0.29, 0.717) is 12.3 Å². The fourth-order valence-corrected chi connectivity index (χ4v) is 1.83. The lowest BCUT2D eigenvalue weighted by atomic mass is 10.4. The van der Waals surface area contributed by atoms with E-state index in [4.69, 9.17) is 10.7 Å². The molecule has 1 rings (SSSR count). The second-order valence-electron chi connectivity index (χ2n) is 2.41. The van der Waals surface area contributed by atoms with Crippen LogP contribution in [0.1, 0.15) is 0 Å². The molecule has 0 saturated carbocycles. The first kappa shape index (κ1) is 13.0. The first-order valence-corrected chi connectivity index (χ1v) is 5.77. The van der Waals surface area contributed by atoms with E-state index < -0.39 is 32.0 Å². The first-order valence-electron chi connectivity index (χ1n) is 3.46. The third kappa shape index (κ3) is 3.20. The molecule has 16 heavy (non-hydrogen) atoms. The van der Waals surface area contributed by atoms with Gasteiger partial charge in [0, 0.05) is 16.9 Å². The Hall–Kier alpha value is -1.09. The van der Waals surface area contributed by atoms with Crippen molar-refractivity contribution in [3.63, 3.8) is 0 Å². The van der Waals surface area contributed by atoms with Gasteiger partial charge in [0.1, 0.15) is 5.82 Å². The SMILES string of the molecule is O=S(=O)(Cl)c1c(F)ccnc1OC(F)(F)F. The topological polar surface area (TPSA) is 56.3 Å². The van der Waals surface area contributed by atoms with Crippen LogP contribution in [0, 0.1) is 5.82 Å². The van der Waals surface area contributed by atoms with Crippen LogP contribution in [-0.2, 0) is 9.05 Å². The number of halogens is 5. The minimum atomic E-state index is -5.20. The predicted octanol–water partition coefficient (Wildman–Crippen LogP) is 2.05. The molecule has 1 aromatic heterocycles. The molecule has 1 aromatic rings. The number of ether oxygens (including phenoxy) is 1. The Labute approximate surface area is 91.2 Å². The number of rotatable bonds is 2. The standard InChI is InChI=1S/C6H2ClF4NO3S/c7-16(13,14)4-3(8)1-2-12-5(4)15-6(9,10)11/h1-2H. The summed E-state index contributed by atoms with van der Waals surface area (Å²) in [5.41, 5.74) is 0. The van der Waals surface area contributed by atoms with Crippen LogP contribution in [0.15, 0.2) is 17.2 Å². The van der Waals surface area contributed by atoms with E-state index in [2.05, 4.69) is 9.72 Å². The Bertz CT molecular complexity index is 501. The molecule has 1 heterocycles. The van der Waals surface area contributed by atoms with Crippen LogP contribution in [0.2, 0.25) is 0 Å². The smallest absolute Gasteiger partial charge is 0.386 e. The highest BCUT2D eigenvalue weighted by Gasteiger charge is 2.36. The Morgan fingerprint density at radius 1 is 1.38 bits per heavy atom. The molecule has 0 amide bonds. The summed E-state index contributed by atoms with van der Waals surface area (Å²) in [6, 6.07) is 0.540. The van der Waals surface area contributed by atoms with Gasteiger partial charge >= 0.3 is 6.36 Å². The third-order valence-corrected chi connectivity index (χ3v) is 2.60. The molecule has 0 aliphatic carbocycles. The van der Waals surface area contributed by atoms with Gasteiger partial charge in [-0.3, -0.25) is 0 Å². The molecule has 0 saturated heterocycles. The fraction of sp³-hybridized carbons (Fsp3) is 0.167. The summed E-state index contributed by atoms with van der Waals surface area (Å²) in [6.07, 6.45) is -4.58. The lowest BCUT2D eigenvalue weighted by Gasteiger charge is -2.10. The average Bonchev–Trinajstić information content (AvgIpc) is 1.97. The van der Waals surface area contributed by atoms with Gasteiger partial charge in [0.2, 0.25) is 5.88 Å². The molecule has 10 heteroatoms. The molecule has 0 atom stereocenters. The van der Waals surface area contributed by atoms with Crippen molar-refractivity contribution in [1.82, 2.24) is 4.98 Å². The van der Waals surface area contributed by atoms with Gasteiger partial charge in [-0.15, -0.1) is 13.2 Å². The minimum absolute atomic E-state index is 0.540. The average molecular weight is 280 g/mol. The highest BCUT2D eigenvalue weighted by Crippen LogP contribution is 2.31. The Morgan fingerprint density at radius 3 is 2.38 bits per heavy atom. The maximum absolute atomic E-state index is 13.0. The number of aromatic nitrogens is 1. The maximum Gasteiger partial charge on any atom is 0.574 e. The molecule has 0 spiro atoms. The van der Waals surface area contributed by atoms with Crippen LogP contribution in [0.3, 0.4) is 0 Å². The molecule has 4 nitrogen and oxygen atoms in total. The summed E-state index contributed by atoms with van der Waals surface area (Å²) in [5.74, 6) is -2.94. The van der Waals surface area contributed by atoms with Crippen molar-refractivity contribution in [2.75, 3.05) is 0 Å². The van der Waals surface area contributed by atoms with E-state index in [0.717, 1.165) is 0 Å². The van der Waals surface area contributed by atoms with Gasteiger partial charge < -0.3 is 4.74 Å². The molecular formula is C6H2ClF4NO3S. The summed E-state index contributed by atoms with van der Waals surface area (Å²) in [6.45, 7) is 0. The molecule has 0 bridgehead atoms. The quantitative estimate of drug-likeness (QED) is 0.614. The molecule has 0 unspecified atom stereocenters. The largest absolute Gasteiger partial charge is 0.574 e. The third-order valence-electron chi connectivity index (χ3n) is 1.28. The van der Waals surface area contributed by atoms with Crippen molar-refractivity contribution in [3.05, 3.63) is 18.1 Å². The Balaban J connectivity index is 3.36. The van der Waals surface area contributed by atoms with Crippen molar-refractivity contribution < 1.29 is 30.7 Å². The van der Waals surface area contributed by atoms with E-state index in [1.807, 2.05) is 0 Å². The molecule has 0 radical (unpaired) electrons. The fourth-order valence-electron chi connectivity index (χ4n) is 0.810. The molecule has 90 valence electrons. The van der Waals surface area contributed by atoms with Crippen molar-refractivity contribution >= 4 is 19.7 Å². The zero-order valence-electron chi connectivity index (χ0n) is 7.12. The van der Waals surface area contributed by atoms with Crippen LogP contribution in [0.25, 0.3) is 0 Å². The van der Waals surface area contributed by atoms with Gasteiger partial charge in [0.25, 0.3) is 9.05 Å². The zero-order chi connectivity index (χ0) is 12.6. The van der Waals surface area contributed by atoms with Crippen LogP contribution in [0.4, 0.5) is 17.6 Å². The number of nitrogens with zero attached hydrogens (tertiary/aromatic N) is 1. The second kappa shape index (κ2) is 4.06. The van der Waals surface area contributed by atoms with Gasteiger partial charge in [0.15, 0.2) is 4.90 Å². The number of pyridine rings is 1. The van der Waals surface area contributed by atoms with Gasteiger partial charge in [0.05, 0.1) is 0 Å². The summed E-state index contributed by atoms with van der Waals surface area (Å²) >= 11 is 0. The van der Waals surface area contributed by atoms with E-state index >= 15 is 0 Å². The molecule has 0 aliphatic rings. The molecule has 0 fully saturated rings. The summed E-state index contributed by atoms with van der Waals surface area (Å²) in [7, 11) is 0.0159. The van der Waals surface area contributed by atoms with E-state index in [1.165, 1.54) is 0 Å². The van der Waals surface area contributed by atoms with Crippen LogP contribution >= 0.6 is 10.7 Å². The van der Waals surface area contributed by atoms with Crippen molar-refractivity contribution in [1.29, 1.82) is 0 Å². The lowest BCUT2D eigenvalue weighted by Crippen LogP contribution is -2.19. The predicted molar refractivity (Wildman–Crippen MR) is 43.9 cm³/mol. The van der Waals surface area contributed by atoms with Gasteiger partial charge in [-0.05, 0) is 6.07 Å². The lowest BCUT2D eigenvalue weighted by molar-refractivity contribution is -0.277. The highest BCUT2D eigenvalue weighted by molar-refractivity contribution is 8.13. The van der Waals surface area contributed by atoms with Crippen LogP contribution in [-0.4, -0.2) is 19.8 Å². The summed E-state index contributed by atoms with van der Waals surface area (Å²) < 4.78 is 73.2. The van der Waals surface area contributed by atoms with Crippen molar-refractivity contribution in [3.8, 4) is 5.88 Å². The number of hydrogen-bond donors (Lipinski definition) is 0. The zero-order valence-corrected chi connectivity index (χ0v) is 8.70. The summed E-state index contributed by atoms with van der Waals surface area (Å²) in [4.78, 5) is 1.50. The van der Waals surface area contributed by atoms with E-state index in [-0.39, 0.29) is 0 Å². The molecule has 0 N–H and O–H groups in total. The highest BCUT2D eigenvalue weighted by atomic mass is 35.7. The summed E-state index contributed by atoms with van der Waals surface area (Å²) in [5, 5.41) is 0. The maximum atomic E-state index is 13.0. The van der Waals surface area contributed by atoms with Gasteiger partial charge in [-0.1, -0.05) is 0 Å².